The van der Waals surface area contributed by atoms with Crippen LogP contribution in [0.25, 0.3) is 0 Å². The Hall–Kier alpha value is -2.34. The molecule has 0 fully saturated rings. The Labute approximate surface area is 139 Å². The van der Waals surface area contributed by atoms with Crippen LogP contribution in [0.15, 0.2) is 53.4 Å². The number of carbonyl (C=O) groups excluding carboxylic acids is 1. The average molecular weight is 330 g/mol. The predicted octanol–water partition coefficient (Wildman–Crippen LogP) is 4.41. The molecule has 0 saturated carbocycles. The molecule has 120 valence electrons. The lowest BCUT2D eigenvalue weighted by Crippen LogP contribution is -2.25. The van der Waals surface area contributed by atoms with Crippen LogP contribution in [0.1, 0.15) is 18.9 Å². The van der Waals surface area contributed by atoms with Gasteiger partial charge >= 0.3 is 0 Å². The maximum Gasteiger partial charge on any atom is 0.271 e. The first kappa shape index (κ1) is 17.0. The Kier molecular flexibility index (Phi) is 5.76. The van der Waals surface area contributed by atoms with Gasteiger partial charge in [0.25, 0.3) is 5.69 Å². The number of amides is 1. The van der Waals surface area contributed by atoms with Crippen molar-refractivity contribution in [1.29, 1.82) is 0 Å². The first-order chi connectivity index (χ1) is 11.0. The zero-order chi connectivity index (χ0) is 16.8. The maximum atomic E-state index is 12.5. The van der Waals surface area contributed by atoms with Crippen molar-refractivity contribution < 1.29 is 9.72 Å². The summed E-state index contributed by atoms with van der Waals surface area (Å²) in [5, 5.41) is 13.4. The fourth-order valence-electron chi connectivity index (χ4n) is 2.06. The zero-order valence-electron chi connectivity index (χ0n) is 13.0. The molecule has 0 aromatic heterocycles. The number of hydrogen-bond donors (Lipinski definition) is 1. The summed E-state index contributed by atoms with van der Waals surface area (Å²) in [6, 6.07) is 14.2. The van der Waals surface area contributed by atoms with E-state index in [9.17, 15) is 14.9 Å². The first-order valence-corrected chi connectivity index (χ1v) is 8.17. The molecule has 0 bridgehead atoms. The van der Waals surface area contributed by atoms with Crippen molar-refractivity contribution in [1.82, 2.24) is 0 Å². The summed E-state index contributed by atoms with van der Waals surface area (Å²) >= 11 is 1.49. The molecule has 0 aliphatic heterocycles. The zero-order valence-corrected chi connectivity index (χ0v) is 13.8. The van der Waals surface area contributed by atoms with Gasteiger partial charge in [0, 0.05) is 17.0 Å². The molecule has 0 spiro atoms. The van der Waals surface area contributed by atoms with Gasteiger partial charge < -0.3 is 5.32 Å². The van der Waals surface area contributed by atoms with Crippen molar-refractivity contribution in [2.75, 3.05) is 5.32 Å². The van der Waals surface area contributed by atoms with E-state index < -0.39 is 4.92 Å². The predicted molar refractivity (Wildman–Crippen MR) is 92.8 cm³/mol. The van der Waals surface area contributed by atoms with E-state index in [2.05, 4.69) is 5.32 Å². The van der Waals surface area contributed by atoms with Gasteiger partial charge in [0.1, 0.15) is 0 Å². The Balaban J connectivity index is 2.13. The number of nitrogens with zero attached hydrogens (tertiary/aromatic N) is 1. The van der Waals surface area contributed by atoms with Gasteiger partial charge in [0.15, 0.2) is 0 Å². The molecule has 1 N–H and O–H groups in total. The number of nitrogens with one attached hydrogen (secondary N) is 1. The second kappa shape index (κ2) is 7.78. The standard InChI is InChI=1S/C17H18N2O3S/c1-3-16(23-14-7-5-4-6-8-14)17(20)18-15-11-13(19(21)22)10-9-12(15)2/h4-11,16H,3H2,1-2H3,(H,18,20). The van der Waals surface area contributed by atoms with E-state index in [-0.39, 0.29) is 16.8 Å². The van der Waals surface area contributed by atoms with E-state index in [0.29, 0.717) is 12.1 Å². The summed E-state index contributed by atoms with van der Waals surface area (Å²) in [5.41, 5.74) is 1.24. The third-order valence-corrected chi connectivity index (χ3v) is 4.75. The van der Waals surface area contributed by atoms with Crippen molar-refractivity contribution in [2.24, 2.45) is 0 Å². The summed E-state index contributed by atoms with van der Waals surface area (Å²) in [6.07, 6.45) is 0.666. The molecule has 2 aromatic carbocycles. The van der Waals surface area contributed by atoms with Crippen LogP contribution in [0.2, 0.25) is 0 Å². The molecule has 6 heteroatoms. The Morgan fingerprint density at radius 2 is 1.96 bits per heavy atom. The van der Waals surface area contributed by atoms with Crippen LogP contribution in [0.5, 0.6) is 0 Å². The van der Waals surface area contributed by atoms with E-state index in [1.807, 2.05) is 44.2 Å². The van der Waals surface area contributed by atoms with Crippen molar-refractivity contribution >= 4 is 29.0 Å². The van der Waals surface area contributed by atoms with Crippen molar-refractivity contribution in [3.8, 4) is 0 Å². The van der Waals surface area contributed by atoms with Crippen LogP contribution in [-0.4, -0.2) is 16.1 Å². The molecule has 0 radical (unpaired) electrons. The summed E-state index contributed by atoms with van der Waals surface area (Å²) in [4.78, 5) is 23.9. The average Bonchev–Trinajstić information content (AvgIpc) is 2.55. The number of nitro benzene ring substituents is 1. The molecule has 1 amide bonds. The summed E-state index contributed by atoms with van der Waals surface area (Å²) in [7, 11) is 0. The van der Waals surface area contributed by atoms with Crippen molar-refractivity contribution in [2.45, 2.75) is 30.4 Å². The minimum Gasteiger partial charge on any atom is -0.325 e. The highest BCUT2D eigenvalue weighted by atomic mass is 32.2. The number of nitro groups is 1. The van der Waals surface area contributed by atoms with Gasteiger partial charge in [-0.25, -0.2) is 0 Å². The van der Waals surface area contributed by atoms with Crippen molar-refractivity contribution in [3.05, 3.63) is 64.2 Å². The quantitative estimate of drug-likeness (QED) is 0.484. The Morgan fingerprint density at radius 3 is 2.57 bits per heavy atom. The highest BCUT2D eigenvalue weighted by molar-refractivity contribution is 8.00. The minimum absolute atomic E-state index is 0.0327. The van der Waals surface area contributed by atoms with Gasteiger partial charge in [0.2, 0.25) is 5.91 Å². The Morgan fingerprint density at radius 1 is 1.26 bits per heavy atom. The van der Waals surface area contributed by atoms with Gasteiger partial charge in [0.05, 0.1) is 15.9 Å². The molecular weight excluding hydrogens is 312 g/mol. The van der Waals surface area contributed by atoms with Gasteiger partial charge in [-0.15, -0.1) is 11.8 Å². The maximum absolute atomic E-state index is 12.5. The first-order valence-electron chi connectivity index (χ1n) is 7.29. The van der Waals surface area contributed by atoms with Crippen LogP contribution in [0, 0.1) is 17.0 Å². The van der Waals surface area contributed by atoms with Gasteiger partial charge in [-0.1, -0.05) is 31.2 Å². The lowest BCUT2D eigenvalue weighted by Gasteiger charge is -2.15. The fraction of sp³-hybridized carbons (Fsp3) is 0.235. The fourth-order valence-corrected chi connectivity index (χ4v) is 3.03. The molecule has 0 saturated heterocycles. The SMILES string of the molecule is CCC(Sc1ccccc1)C(=O)Nc1cc([N+](=O)[O-])ccc1C. The van der Waals surface area contributed by atoms with Crippen LogP contribution in [0.4, 0.5) is 11.4 Å². The lowest BCUT2D eigenvalue weighted by molar-refractivity contribution is -0.384. The van der Waals surface area contributed by atoms with Crippen LogP contribution < -0.4 is 5.32 Å². The highest BCUT2D eigenvalue weighted by Crippen LogP contribution is 2.27. The van der Waals surface area contributed by atoms with Crippen molar-refractivity contribution in [3.63, 3.8) is 0 Å². The van der Waals surface area contributed by atoms with Gasteiger partial charge in [-0.05, 0) is 31.0 Å². The molecule has 0 heterocycles. The number of rotatable bonds is 6. The van der Waals surface area contributed by atoms with E-state index in [4.69, 9.17) is 0 Å². The molecule has 0 aliphatic rings. The smallest absolute Gasteiger partial charge is 0.271 e. The third-order valence-electron chi connectivity index (χ3n) is 3.37. The Bertz CT molecular complexity index is 704. The van der Waals surface area contributed by atoms with Crippen LogP contribution in [-0.2, 0) is 4.79 Å². The normalized spacial score (nSPS) is 11.7. The van der Waals surface area contributed by atoms with E-state index in [0.717, 1.165) is 10.5 Å². The molecule has 5 nitrogen and oxygen atoms in total. The van der Waals surface area contributed by atoms with E-state index >= 15 is 0 Å². The number of non-ortho nitro benzene ring substituents is 1. The second-order valence-corrected chi connectivity index (χ2v) is 6.35. The largest absolute Gasteiger partial charge is 0.325 e. The van der Waals surface area contributed by atoms with E-state index in [1.54, 1.807) is 6.07 Å². The molecule has 2 rings (SSSR count). The number of aryl methyl sites for hydroxylation is 1. The summed E-state index contributed by atoms with van der Waals surface area (Å²) < 4.78 is 0. The monoisotopic (exact) mass is 330 g/mol. The number of anilines is 1. The van der Waals surface area contributed by atoms with E-state index in [1.165, 1.54) is 23.9 Å². The van der Waals surface area contributed by atoms with Crippen LogP contribution in [0.3, 0.4) is 0 Å². The topological polar surface area (TPSA) is 72.2 Å². The second-order valence-electron chi connectivity index (χ2n) is 5.07. The number of benzene rings is 2. The minimum atomic E-state index is -0.467. The molecule has 23 heavy (non-hydrogen) atoms. The number of hydrogen-bond acceptors (Lipinski definition) is 4. The summed E-state index contributed by atoms with van der Waals surface area (Å²) in [5.74, 6) is -0.148. The summed E-state index contributed by atoms with van der Waals surface area (Å²) in [6.45, 7) is 3.76. The molecule has 1 atom stereocenters. The molecule has 0 aliphatic carbocycles. The molecular formula is C17H18N2O3S. The lowest BCUT2D eigenvalue weighted by atomic mass is 10.1. The molecule has 2 aromatic rings. The number of thioether (sulfide) groups is 1. The third kappa shape index (κ3) is 4.56. The number of carbonyl (C=O) groups is 1. The van der Waals surface area contributed by atoms with Crippen LogP contribution >= 0.6 is 11.8 Å². The molecule has 1 unspecified atom stereocenters. The van der Waals surface area contributed by atoms with Gasteiger partial charge in [-0.3, -0.25) is 14.9 Å². The highest BCUT2D eigenvalue weighted by Gasteiger charge is 2.19. The van der Waals surface area contributed by atoms with Gasteiger partial charge in [-0.2, -0.15) is 0 Å².